The van der Waals surface area contributed by atoms with E-state index < -0.39 is 17.6 Å². The fraction of sp³-hybridized carbons (Fsp3) is 0.154. The van der Waals surface area contributed by atoms with Crippen LogP contribution in [0.15, 0.2) is 30.3 Å². The van der Waals surface area contributed by atoms with Crippen LogP contribution in [0.4, 0.5) is 4.39 Å². The largest absolute Gasteiger partial charge is 0.290 e. The van der Waals surface area contributed by atoms with Gasteiger partial charge in [0.2, 0.25) is 0 Å². The van der Waals surface area contributed by atoms with E-state index in [1.165, 1.54) is 12.1 Å². The van der Waals surface area contributed by atoms with Crippen molar-refractivity contribution in [3.05, 3.63) is 53.1 Å². The van der Waals surface area contributed by atoms with E-state index >= 15 is 0 Å². The predicted molar refractivity (Wildman–Crippen MR) is 69.3 cm³/mol. The topological polar surface area (TPSA) is 86.9 Å². The van der Waals surface area contributed by atoms with Crippen molar-refractivity contribution in [1.29, 1.82) is 0 Å². The Balaban J connectivity index is 1.93. The van der Waals surface area contributed by atoms with Gasteiger partial charge in [-0.15, -0.1) is 0 Å². The average Bonchev–Trinajstić information content (AvgIpc) is 2.94. The molecular weight excluding hydrogens is 263 g/mol. The standard InChI is InChI=1S/C13H13FN4O2/c1-2-10-7-11(16-15-10)13(20)18-17-12(19)8-3-5-9(14)6-4-8/h3-7H,2H2,1H3,(H,15,16)(H,17,19)(H,18,20). The summed E-state index contributed by atoms with van der Waals surface area (Å²) in [5, 5.41) is 6.51. The number of nitrogens with zero attached hydrogens (tertiary/aromatic N) is 1. The van der Waals surface area contributed by atoms with E-state index in [9.17, 15) is 14.0 Å². The number of aromatic amines is 1. The van der Waals surface area contributed by atoms with E-state index in [4.69, 9.17) is 0 Å². The maximum Gasteiger partial charge on any atom is 0.290 e. The molecule has 104 valence electrons. The number of benzene rings is 1. The molecule has 2 rings (SSSR count). The third kappa shape index (κ3) is 3.19. The van der Waals surface area contributed by atoms with Crippen LogP contribution in [-0.4, -0.2) is 22.0 Å². The average molecular weight is 276 g/mol. The minimum Gasteiger partial charge on any atom is -0.282 e. The van der Waals surface area contributed by atoms with E-state index in [0.717, 1.165) is 24.2 Å². The second-order valence-corrected chi connectivity index (χ2v) is 4.05. The molecule has 0 spiro atoms. The number of amides is 2. The zero-order valence-electron chi connectivity index (χ0n) is 10.7. The van der Waals surface area contributed by atoms with Crippen LogP contribution in [0, 0.1) is 5.82 Å². The summed E-state index contributed by atoms with van der Waals surface area (Å²) in [4.78, 5) is 23.4. The number of hydrazine groups is 1. The van der Waals surface area contributed by atoms with Crippen molar-refractivity contribution in [2.45, 2.75) is 13.3 Å². The monoisotopic (exact) mass is 276 g/mol. The number of aryl methyl sites for hydroxylation is 1. The van der Waals surface area contributed by atoms with Crippen molar-refractivity contribution in [3.63, 3.8) is 0 Å². The molecule has 0 aliphatic heterocycles. The van der Waals surface area contributed by atoms with Crippen LogP contribution in [0.2, 0.25) is 0 Å². The minimum absolute atomic E-state index is 0.182. The molecule has 0 saturated carbocycles. The first kappa shape index (κ1) is 13.7. The molecule has 20 heavy (non-hydrogen) atoms. The smallest absolute Gasteiger partial charge is 0.282 e. The summed E-state index contributed by atoms with van der Waals surface area (Å²) in [6, 6.07) is 6.57. The van der Waals surface area contributed by atoms with Crippen molar-refractivity contribution < 1.29 is 14.0 Å². The second-order valence-electron chi connectivity index (χ2n) is 4.05. The summed E-state index contributed by atoms with van der Waals surface area (Å²) in [5.41, 5.74) is 5.70. The summed E-state index contributed by atoms with van der Waals surface area (Å²) < 4.78 is 12.7. The molecule has 2 amide bonds. The number of aromatic nitrogens is 2. The first-order chi connectivity index (χ1) is 9.60. The summed E-state index contributed by atoms with van der Waals surface area (Å²) in [7, 11) is 0. The Kier molecular flexibility index (Phi) is 4.09. The van der Waals surface area contributed by atoms with E-state index in [0.29, 0.717) is 0 Å². The van der Waals surface area contributed by atoms with Crippen molar-refractivity contribution in [1.82, 2.24) is 21.0 Å². The van der Waals surface area contributed by atoms with Gasteiger partial charge in [0.1, 0.15) is 5.82 Å². The van der Waals surface area contributed by atoms with E-state index in [1.54, 1.807) is 6.07 Å². The Bertz CT molecular complexity index is 622. The first-order valence-corrected chi connectivity index (χ1v) is 6.00. The summed E-state index contributed by atoms with van der Waals surface area (Å²) in [6.07, 6.45) is 0.724. The van der Waals surface area contributed by atoms with Crippen LogP contribution in [0.1, 0.15) is 33.5 Å². The van der Waals surface area contributed by atoms with Crippen LogP contribution < -0.4 is 10.9 Å². The molecule has 0 aliphatic carbocycles. The van der Waals surface area contributed by atoms with Crippen molar-refractivity contribution in [2.75, 3.05) is 0 Å². The molecule has 3 N–H and O–H groups in total. The highest BCUT2D eigenvalue weighted by Gasteiger charge is 2.11. The third-order valence-corrected chi connectivity index (χ3v) is 2.64. The van der Waals surface area contributed by atoms with Gasteiger partial charge >= 0.3 is 0 Å². The number of halogens is 1. The second kappa shape index (κ2) is 5.96. The first-order valence-electron chi connectivity index (χ1n) is 6.00. The number of carbonyl (C=O) groups excluding carboxylic acids is 2. The van der Waals surface area contributed by atoms with Crippen LogP contribution in [0.3, 0.4) is 0 Å². The Morgan fingerprint density at radius 3 is 2.45 bits per heavy atom. The highest BCUT2D eigenvalue weighted by atomic mass is 19.1. The summed E-state index contributed by atoms with van der Waals surface area (Å²) in [5.74, 6) is -1.50. The van der Waals surface area contributed by atoms with Gasteiger partial charge in [-0.1, -0.05) is 6.92 Å². The minimum atomic E-state index is -0.537. The molecule has 0 fully saturated rings. The molecule has 7 heteroatoms. The zero-order chi connectivity index (χ0) is 14.5. The normalized spacial score (nSPS) is 10.1. The lowest BCUT2D eigenvalue weighted by Crippen LogP contribution is -2.41. The molecule has 1 heterocycles. The van der Waals surface area contributed by atoms with Gasteiger partial charge in [-0.3, -0.25) is 25.5 Å². The number of hydrogen-bond donors (Lipinski definition) is 3. The van der Waals surface area contributed by atoms with E-state index in [2.05, 4.69) is 21.0 Å². The molecule has 2 aromatic rings. The maximum atomic E-state index is 12.7. The molecule has 1 aromatic carbocycles. The highest BCUT2D eigenvalue weighted by Crippen LogP contribution is 2.02. The van der Waals surface area contributed by atoms with Crippen molar-refractivity contribution >= 4 is 11.8 Å². The molecule has 0 bridgehead atoms. The van der Waals surface area contributed by atoms with Crippen LogP contribution in [0.5, 0.6) is 0 Å². The quantitative estimate of drug-likeness (QED) is 0.736. The summed E-state index contributed by atoms with van der Waals surface area (Å²) in [6.45, 7) is 1.92. The van der Waals surface area contributed by atoms with Gasteiger partial charge in [0.05, 0.1) is 0 Å². The number of rotatable bonds is 3. The Morgan fingerprint density at radius 2 is 1.85 bits per heavy atom. The van der Waals surface area contributed by atoms with Gasteiger partial charge in [0.15, 0.2) is 5.69 Å². The number of hydrogen-bond acceptors (Lipinski definition) is 3. The molecule has 6 nitrogen and oxygen atoms in total. The third-order valence-electron chi connectivity index (χ3n) is 2.64. The van der Waals surface area contributed by atoms with Crippen LogP contribution in [-0.2, 0) is 6.42 Å². The van der Waals surface area contributed by atoms with E-state index in [1.807, 2.05) is 6.92 Å². The van der Waals surface area contributed by atoms with Gasteiger partial charge in [-0.25, -0.2) is 4.39 Å². The molecule has 0 unspecified atom stereocenters. The van der Waals surface area contributed by atoms with E-state index in [-0.39, 0.29) is 11.3 Å². The molecule has 0 radical (unpaired) electrons. The predicted octanol–water partition coefficient (Wildman–Crippen LogP) is 1.19. The Labute approximate surface area is 114 Å². The SMILES string of the molecule is CCc1cc(C(=O)NNC(=O)c2ccc(F)cc2)n[nH]1. The Morgan fingerprint density at radius 1 is 1.20 bits per heavy atom. The fourth-order valence-corrected chi connectivity index (χ4v) is 1.51. The summed E-state index contributed by atoms with van der Waals surface area (Å²) >= 11 is 0. The molecule has 0 saturated heterocycles. The van der Waals surface area contributed by atoms with Gasteiger partial charge in [-0.2, -0.15) is 5.10 Å². The molecule has 0 atom stereocenters. The molecule has 0 aliphatic rings. The van der Waals surface area contributed by atoms with Gasteiger partial charge in [0.25, 0.3) is 11.8 Å². The number of carbonyl (C=O) groups is 2. The Hall–Kier alpha value is -2.70. The molecular formula is C13H13FN4O2. The van der Waals surface area contributed by atoms with Gasteiger partial charge in [0, 0.05) is 11.3 Å². The number of H-pyrrole nitrogens is 1. The van der Waals surface area contributed by atoms with Gasteiger partial charge in [-0.05, 0) is 36.8 Å². The van der Waals surface area contributed by atoms with Crippen molar-refractivity contribution in [3.8, 4) is 0 Å². The zero-order valence-corrected chi connectivity index (χ0v) is 10.7. The lowest BCUT2D eigenvalue weighted by atomic mass is 10.2. The lowest BCUT2D eigenvalue weighted by Gasteiger charge is -2.05. The maximum absolute atomic E-state index is 12.7. The van der Waals surface area contributed by atoms with Crippen molar-refractivity contribution in [2.24, 2.45) is 0 Å². The van der Waals surface area contributed by atoms with Crippen LogP contribution in [0.25, 0.3) is 0 Å². The van der Waals surface area contributed by atoms with Gasteiger partial charge < -0.3 is 0 Å². The molecule has 1 aromatic heterocycles. The number of nitrogens with one attached hydrogen (secondary N) is 3. The fourth-order valence-electron chi connectivity index (χ4n) is 1.51. The highest BCUT2D eigenvalue weighted by molar-refractivity contribution is 5.98. The lowest BCUT2D eigenvalue weighted by molar-refractivity contribution is 0.0844. The van der Waals surface area contributed by atoms with Crippen LogP contribution >= 0.6 is 0 Å².